The summed E-state index contributed by atoms with van der Waals surface area (Å²) in [5, 5.41) is 3.06. The van der Waals surface area contributed by atoms with E-state index in [0.717, 1.165) is 5.69 Å². The van der Waals surface area contributed by atoms with Crippen molar-refractivity contribution in [2.24, 2.45) is 5.92 Å². The smallest absolute Gasteiger partial charge is 0.328 e. The highest BCUT2D eigenvalue weighted by atomic mass is 16.5. The molecule has 5 nitrogen and oxygen atoms in total. The van der Waals surface area contributed by atoms with E-state index in [-0.39, 0.29) is 5.97 Å². The summed E-state index contributed by atoms with van der Waals surface area (Å²) in [6, 6.07) is 3.18. The third kappa shape index (κ3) is 3.91. The van der Waals surface area contributed by atoms with E-state index in [0.29, 0.717) is 23.8 Å². The number of hydrogen-bond acceptors (Lipinski definition) is 5. The van der Waals surface area contributed by atoms with Gasteiger partial charge in [0, 0.05) is 5.69 Å². The first-order chi connectivity index (χ1) is 8.43. The van der Waals surface area contributed by atoms with Gasteiger partial charge in [-0.3, -0.25) is 0 Å². The molecule has 0 aliphatic carbocycles. The molecule has 0 bridgehead atoms. The quantitative estimate of drug-likeness (QED) is 0.782. The van der Waals surface area contributed by atoms with Crippen molar-refractivity contribution in [2.75, 3.05) is 18.2 Å². The fraction of sp³-hybridized carbons (Fsp3) is 0.538. The van der Waals surface area contributed by atoms with Gasteiger partial charge in [-0.2, -0.15) is 0 Å². The fourth-order valence-corrected chi connectivity index (χ4v) is 1.68. The number of carbonyl (C=O) groups excluding carboxylic acids is 1. The summed E-state index contributed by atoms with van der Waals surface area (Å²) in [6.07, 6.45) is 0.668. The van der Waals surface area contributed by atoms with Gasteiger partial charge in [0.1, 0.15) is 11.9 Å². The van der Waals surface area contributed by atoms with Gasteiger partial charge in [0.05, 0.1) is 12.8 Å². The standard InChI is InChI=1S/C13H21N3O2/c1-8(2)7-11(13(17)18-4)16-12-10(14)6-5-9(3)15-12/h5-6,8,11H,7,14H2,1-4H3,(H,15,16). The second-order valence-corrected chi connectivity index (χ2v) is 4.74. The molecule has 100 valence electrons. The summed E-state index contributed by atoms with van der Waals surface area (Å²) in [5.74, 6) is 0.602. The first kappa shape index (κ1) is 14.3. The van der Waals surface area contributed by atoms with Crippen molar-refractivity contribution < 1.29 is 9.53 Å². The first-order valence-electron chi connectivity index (χ1n) is 6.01. The van der Waals surface area contributed by atoms with Crippen molar-refractivity contribution in [3.63, 3.8) is 0 Å². The number of anilines is 2. The van der Waals surface area contributed by atoms with E-state index in [4.69, 9.17) is 10.5 Å². The molecule has 0 radical (unpaired) electrons. The van der Waals surface area contributed by atoms with Crippen LogP contribution < -0.4 is 11.1 Å². The number of aromatic nitrogens is 1. The predicted octanol–water partition coefficient (Wildman–Crippen LogP) is 1.97. The number of rotatable bonds is 5. The van der Waals surface area contributed by atoms with Crippen LogP contribution in [0.4, 0.5) is 11.5 Å². The molecular weight excluding hydrogens is 230 g/mol. The Balaban J connectivity index is 2.88. The number of methoxy groups -OCH3 is 1. The van der Waals surface area contributed by atoms with Crippen LogP contribution in [0.5, 0.6) is 0 Å². The number of aryl methyl sites for hydroxylation is 1. The summed E-state index contributed by atoms with van der Waals surface area (Å²) in [5.41, 5.74) is 7.21. The molecule has 1 heterocycles. The number of esters is 1. The van der Waals surface area contributed by atoms with Crippen LogP contribution >= 0.6 is 0 Å². The number of nitrogens with two attached hydrogens (primary N) is 1. The molecule has 0 aromatic carbocycles. The highest BCUT2D eigenvalue weighted by Gasteiger charge is 2.21. The van der Waals surface area contributed by atoms with Gasteiger partial charge in [-0.15, -0.1) is 0 Å². The van der Waals surface area contributed by atoms with Gasteiger partial charge >= 0.3 is 5.97 Å². The Bertz CT molecular complexity index is 419. The monoisotopic (exact) mass is 251 g/mol. The first-order valence-corrected chi connectivity index (χ1v) is 6.01. The van der Waals surface area contributed by atoms with Crippen LogP contribution in [0.3, 0.4) is 0 Å². The molecule has 1 unspecified atom stereocenters. The Morgan fingerprint density at radius 2 is 2.17 bits per heavy atom. The summed E-state index contributed by atoms with van der Waals surface area (Å²) < 4.78 is 4.79. The number of nitrogen functional groups attached to an aromatic ring is 1. The Kier molecular flexibility index (Phi) is 4.95. The zero-order valence-electron chi connectivity index (χ0n) is 11.4. The van der Waals surface area contributed by atoms with Crippen molar-refractivity contribution in [1.82, 2.24) is 4.98 Å². The predicted molar refractivity (Wildman–Crippen MR) is 72.3 cm³/mol. The van der Waals surface area contributed by atoms with Crippen LogP contribution in [0.15, 0.2) is 12.1 Å². The Morgan fingerprint density at radius 1 is 1.50 bits per heavy atom. The maximum absolute atomic E-state index is 11.7. The maximum atomic E-state index is 11.7. The van der Waals surface area contributed by atoms with Crippen LogP contribution in [-0.2, 0) is 9.53 Å². The number of ether oxygens (including phenoxy) is 1. The average molecular weight is 251 g/mol. The van der Waals surface area contributed by atoms with Gasteiger partial charge in [0.25, 0.3) is 0 Å². The number of carbonyl (C=O) groups is 1. The number of nitrogens with zero attached hydrogens (tertiary/aromatic N) is 1. The van der Waals surface area contributed by atoms with E-state index >= 15 is 0 Å². The molecule has 0 aliphatic heterocycles. The normalized spacial score (nSPS) is 12.3. The molecule has 0 fully saturated rings. The summed E-state index contributed by atoms with van der Waals surface area (Å²) in [7, 11) is 1.38. The summed E-state index contributed by atoms with van der Waals surface area (Å²) in [6.45, 7) is 5.97. The van der Waals surface area contributed by atoms with Gasteiger partial charge in [-0.05, 0) is 31.4 Å². The Hall–Kier alpha value is -1.78. The molecule has 1 aromatic rings. The van der Waals surface area contributed by atoms with Gasteiger partial charge in [-0.1, -0.05) is 13.8 Å². The molecule has 0 amide bonds. The minimum atomic E-state index is -0.424. The molecule has 18 heavy (non-hydrogen) atoms. The molecule has 0 spiro atoms. The van der Waals surface area contributed by atoms with E-state index in [1.54, 1.807) is 6.07 Å². The van der Waals surface area contributed by atoms with E-state index in [9.17, 15) is 4.79 Å². The van der Waals surface area contributed by atoms with Crippen LogP contribution in [0.2, 0.25) is 0 Å². The molecular formula is C13H21N3O2. The van der Waals surface area contributed by atoms with E-state index < -0.39 is 6.04 Å². The molecule has 0 saturated carbocycles. The molecule has 1 rings (SSSR count). The lowest BCUT2D eigenvalue weighted by Gasteiger charge is -2.19. The lowest BCUT2D eigenvalue weighted by Crippen LogP contribution is -2.32. The van der Waals surface area contributed by atoms with E-state index in [2.05, 4.69) is 10.3 Å². The van der Waals surface area contributed by atoms with E-state index in [1.165, 1.54) is 7.11 Å². The minimum absolute atomic E-state index is 0.300. The summed E-state index contributed by atoms with van der Waals surface area (Å²) >= 11 is 0. The fourth-order valence-electron chi connectivity index (χ4n) is 1.68. The lowest BCUT2D eigenvalue weighted by atomic mass is 10.0. The topological polar surface area (TPSA) is 77.2 Å². The molecule has 0 aliphatic rings. The molecule has 5 heteroatoms. The highest BCUT2D eigenvalue weighted by molar-refractivity contribution is 5.80. The van der Waals surface area contributed by atoms with Crippen LogP contribution in [0.1, 0.15) is 26.0 Å². The van der Waals surface area contributed by atoms with Crippen molar-refractivity contribution >= 4 is 17.5 Å². The zero-order chi connectivity index (χ0) is 13.7. The van der Waals surface area contributed by atoms with Gasteiger partial charge < -0.3 is 15.8 Å². The molecule has 1 aromatic heterocycles. The van der Waals surface area contributed by atoms with Crippen molar-refractivity contribution in [3.8, 4) is 0 Å². The van der Waals surface area contributed by atoms with Crippen LogP contribution in [0.25, 0.3) is 0 Å². The maximum Gasteiger partial charge on any atom is 0.328 e. The Morgan fingerprint density at radius 3 is 2.72 bits per heavy atom. The van der Waals surface area contributed by atoms with Gasteiger partial charge in [0.15, 0.2) is 0 Å². The third-order valence-electron chi connectivity index (χ3n) is 2.57. The third-order valence-corrected chi connectivity index (χ3v) is 2.57. The average Bonchev–Trinajstić information content (AvgIpc) is 2.31. The van der Waals surface area contributed by atoms with E-state index in [1.807, 2.05) is 26.8 Å². The van der Waals surface area contributed by atoms with Crippen molar-refractivity contribution in [3.05, 3.63) is 17.8 Å². The van der Waals surface area contributed by atoms with Crippen LogP contribution in [-0.4, -0.2) is 24.1 Å². The van der Waals surface area contributed by atoms with Crippen LogP contribution in [0, 0.1) is 12.8 Å². The molecule has 0 saturated heterocycles. The van der Waals surface area contributed by atoms with Gasteiger partial charge in [0.2, 0.25) is 0 Å². The SMILES string of the molecule is COC(=O)C(CC(C)C)Nc1nc(C)ccc1N. The number of hydrogen-bond donors (Lipinski definition) is 2. The Labute approximate surface area is 108 Å². The van der Waals surface area contributed by atoms with Gasteiger partial charge in [-0.25, -0.2) is 9.78 Å². The number of nitrogens with one attached hydrogen (secondary N) is 1. The molecule has 3 N–H and O–H groups in total. The molecule has 1 atom stereocenters. The minimum Gasteiger partial charge on any atom is -0.467 e. The zero-order valence-corrected chi connectivity index (χ0v) is 11.4. The second-order valence-electron chi connectivity index (χ2n) is 4.74. The highest BCUT2D eigenvalue weighted by Crippen LogP contribution is 2.19. The second kappa shape index (κ2) is 6.23. The lowest BCUT2D eigenvalue weighted by molar-refractivity contribution is -0.141. The van der Waals surface area contributed by atoms with Crippen molar-refractivity contribution in [2.45, 2.75) is 33.2 Å². The summed E-state index contributed by atoms with van der Waals surface area (Å²) in [4.78, 5) is 16.0. The van der Waals surface area contributed by atoms with Crippen molar-refractivity contribution in [1.29, 1.82) is 0 Å². The largest absolute Gasteiger partial charge is 0.467 e. The number of pyridine rings is 1.